The second-order valence-corrected chi connectivity index (χ2v) is 4.68. The quantitative estimate of drug-likeness (QED) is 0.928. The van der Waals surface area contributed by atoms with E-state index < -0.39 is 23.6 Å². The summed E-state index contributed by atoms with van der Waals surface area (Å²) < 4.78 is 30.8. The van der Waals surface area contributed by atoms with Gasteiger partial charge in [0.2, 0.25) is 11.5 Å². The molecule has 0 unspecified atom stereocenters. The van der Waals surface area contributed by atoms with Gasteiger partial charge in [0, 0.05) is 10.7 Å². The molecule has 17 heavy (non-hydrogen) atoms. The minimum absolute atomic E-state index is 0.369. The van der Waals surface area contributed by atoms with Crippen molar-refractivity contribution in [2.24, 2.45) is 0 Å². The van der Waals surface area contributed by atoms with Gasteiger partial charge in [-0.15, -0.1) is 0 Å². The highest BCUT2D eigenvalue weighted by molar-refractivity contribution is 9.10. The van der Waals surface area contributed by atoms with Gasteiger partial charge in [0.15, 0.2) is 0 Å². The van der Waals surface area contributed by atoms with Crippen LogP contribution in [0, 0.1) is 0 Å². The number of carboxylic acid groups (broad SMARTS) is 1. The van der Waals surface area contributed by atoms with Crippen LogP contribution in [-0.2, 0) is 4.79 Å². The fourth-order valence-corrected chi connectivity index (χ4v) is 1.32. The monoisotopic (exact) mass is 309 g/mol. The maximum absolute atomic E-state index is 12.7. The summed E-state index contributed by atoms with van der Waals surface area (Å²) >= 11 is 3.01. The Balaban J connectivity index is 3.10. The fraction of sp³-hybridized carbons (Fsp3) is 0.400. The summed E-state index contributed by atoms with van der Waals surface area (Å²) in [6.07, 6.45) is -1.53. The Bertz CT molecular complexity index is 438. The van der Waals surface area contributed by atoms with E-state index in [4.69, 9.17) is 9.84 Å². The summed E-state index contributed by atoms with van der Waals surface area (Å²) in [5.74, 6) is -1.64. The summed E-state index contributed by atoms with van der Waals surface area (Å²) in [5.41, 5.74) is -2.07. The number of hydrogen-bond acceptors (Lipinski definition) is 3. The Morgan fingerprint density at radius 3 is 2.65 bits per heavy atom. The van der Waals surface area contributed by atoms with E-state index in [2.05, 4.69) is 20.9 Å². The molecule has 1 aromatic heterocycles. The second kappa shape index (κ2) is 4.95. The van der Waals surface area contributed by atoms with Crippen molar-refractivity contribution in [2.45, 2.75) is 25.9 Å². The lowest BCUT2D eigenvalue weighted by Gasteiger charge is -2.22. The Morgan fingerprint density at radius 1 is 1.59 bits per heavy atom. The Hall–Kier alpha value is -1.24. The third-order valence-electron chi connectivity index (χ3n) is 1.95. The second-order valence-electron chi connectivity index (χ2n) is 3.77. The van der Waals surface area contributed by atoms with Crippen LogP contribution in [0.3, 0.4) is 0 Å². The molecule has 0 bridgehead atoms. The first-order valence-electron chi connectivity index (χ1n) is 4.60. The van der Waals surface area contributed by atoms with Gasteiger partial charge in [-0.25, -0.2) is 18.6 Å². The molecule has 0 aromatic carbocycles. The smallest absolute Gasteiger partial charge is 0.347 e. The van der Waals surface area contributed by atoms with Crippen molar-refractivity contribution in [1.82, 2.24) is 4.98 Å². The van der Waals surface area contributed by atoms with Crippen molar-refractivity contribution in [3.05, 3.63) is 22.3 Å². The number of rotatable bonds is 4. The number of carbonyl (C=O) groups is 1. The van der Waals surface area contributed by atoms with Crippen LogP contribution in [0.2, 0.25) is 0 Å². The van der Waals surface area contributed by atoms with E-state index in [0.717, 1.165) is 6.07 Å². The topological polar surface area (TPSA) is 59.4 Å². The standard InChI is InChI=1S/C10H10BrF2NO3/c1-10(2,9(15)16)17-8-6(7(12)13)3-5(11)4-14-8/h3-4,7H,1-2H3,(H,15,16). The third-order valence-corrected chi connectivity index (χ3v) is 2.38. The van der Waals surface area contributed by atoms with Crippen molar-refractivity contribution in [2.75, 3.05) is 0 Å². The molecule has 0 atom stereocenters. The summed E-state index contributed by atoms with van der Waals surface area (Å²) in [7, 11) is 0. The first kappa shape index (κ1) is 13.8. The number of alkyl halides is 2. The SMILES string of the molecule is CC(C)(Oc1ncc(Br)cc1C(F)F)C(=O)O. The molecule has 0 saturated heterocycles. The first-order chi connectivity index (χ1) is 7.74. The van der Waals surface area contributed by atoms with E-state index in [9.17, 15) is 13.6 Å². The minimum Gasteiger partial charge on any atom is -0.478 e. The van der Waals surface area contributed by atoms with Crippen molar-refractivity contribution >= 4 is 21.9 Å². The maximum Gasteiger partial charge on any atom is 0.347 e. The van der Waals surface area contributed by atoms with Crippen LogP contribution in [0.4, 0.5) is 8.78 Å². The number of halogens is 3. The van der Waals surface area contributed by atoms with Crippen molar-refractivity contribution in [3.63, 3.8) is 0 Å². The molecule has 94 valence electrons. The molecule has 0 saturated carbocycles. The highest BCUT2D eigenvalue weighted by Crippen LogP contribution is 2.31. The Kier molecular flexibility index (Phi) is 4.03. The summed E-state index contributed by atoms with van der Waals surface area (Å²) in [5, 5.41) is 8.84. The summed E-state index contributed by atoms with van der Waals surface area (Å²) in [6.45, 7) is 2.52. The zero-order valence-corrected chi connectivity index (χ0v) is 10.7. The molecule has 0 spiro atoms. The van der Waals surface area contributed by atoms with E-state index in [1.807, 2.05) is 0 Å². The van der Waals surface area contributed by atoms with E-state index in [1.165, 1.54) is 20.0 Å². The summed E-state index contributed by atoms with van der Waals surface area (Å²) in [4.78, 5) is 14.5. The lowest BCUT2D eigenvalue weighted by atomic mass is 10.1. The van der Waals surface area contributed by atoms with E-state index >= 15 is 0 Å². The molecule has 0 aliphatic heterocycles. The number of carboxylic acids is 1. The molecular formula is C10H10BrF2NO3. The van der Waals surface area contributed by atoms with E-state index in [1.54, 1.807) is 0 Å². The third kappa shape index (κ3) is 3.36. The Morgan fingerprint density at radius 2 is 2.18 bits per heavy atom. The average molecular weight is 310 g/mol. The predicted molar refractivity (Wildman–Crippen MR) is 59.2 cm³/mol. The normalized spacial score (nSPS) is 11.6. The van der Waals surface area contributed by atoms with E-state index in [-0.39, 0.29) is 5.88 Å². The molecule has 0 aliphatic carbocycles. The molecule has 7 heteroatoms. The van der Waals surface area contributed by atoms with Crippen LogP contribution < -0.4 is 4.74 Å². The number of aliphatic carboxylic acids is 1. The van der Waals surface area contributed by atoms with Crippen molar-refractivity contribution in [1.29, 1.82) is 0 Å². The van der Waals surface area contributed by atoms with Crippen molar-refractivity contribution in [3.8, 4) is 5.88 Å². The predicted octanol–water partition coefficient (Wildman–Crippen LogP) is 3.02. The molecule has 1 aromatic rings. The van der Waals surface area contributed by atoms with Crippen LogP contribution in [0.15, 0.2) is 16.7 Å². The van der Waals surface area contributed by atoms with Gasteiger partial charge in [-0.2, -0.15) is 0 Å². The zero-order chi connectivity index (χ0) is 13.2. The fourth-order valence-electron chi connectivity index (χ4n) is 0.969. The average Bonchev–Trinajstić information content (AvgIpc) is 2.19. The van der Waals surface area contributed by atoms with Gasteiger partial charge in [0.25, 0.3) is 6.43 Å². The molecule has 4 nitrogen and oxygen atoms in total. The van der Waals surface area contributed by atoms with Gasteiger partial charge >= 0.3 is 5.97 Å². The minimum atomic E-state index is -2.79. The van der Waals surface area contributed by atoms with Gasteiger partial charge in [-0.3, -0.25) is 0 Å². The highest BCUT2D eigenvalue weighted by Gasteiger charge is 2.32. The van der Waals surface area contributed by atoms with Crippen molar-refractivity contribution < 1.29 is 23.4 Å². The molecule has 0 amide bonds. The molecule has 0 fully saturated rings. The number of ether oxygens (including phenoxy) is 1. The molecule has 1 heterocycles. The van der Waals surface area contributed by atoms with Gasteiger partial charge in [-0.1, -0.05) is 0 Å². The first-order valence-corrected chi connectivity index (χ1v) is 5.39. The molecule has 0 radical (unpaired) electrons. The van der Waals surface area contributed by atoms with Crippen LogP contribution in [-0.4, -0.2) is 21.7 Å². The zero-order valence-electron chi connectivity index (χ0n) is 9.08. The number of aromatic nitrogens is 1. The van der Waals surface area contributed by atoms with Gasteiger partial charge in [0.1, 0.15) is 0 Å². The molecule has 1 N–H and O–H groups in total. The lowest BCUT2D eigenvalue weighted by molar-refractivity contribution is -0.152. The number of pyridine rings is 1. The Labute approximate surface area is 105 Å². The summed E-state index contributed by atoms with van der Waals surface area (Å²) in [6, 6.07) is 1.14. The number of nitrogens with zero attached hydrogens (tertiary/aromatic N) is 1. The molecule has 0 aliphatic rings. The van der Waals surface area contributed by atoms with E-state index in [0.29, 0.717) is 4.47 Å². The van der Waals surface area contributed by atoms with Crippen LogP contribution in [0.25, 0.3) is 0 Å². The van der Waals surface area contributed by atoms with Gasteiger partial charge in [0.05, 0.1) is 5.56 Å². The molecular weight excluding hydrogens is 300 g/mol. The van der Waals surface area contributed by atoms with Gasteiger partial charge < -0.3 is 9.84 Å². The highest BCUT2D eigenvalue weighted by atomic mass is 79.9. The van der Waals surface area contributed by atoms with Crippen LogP contribution in [0.1, 0.15) is 25.8 Å². The lowest BCUT2D eigenvalue weighted by Crippen LogP contribution is -2.38. The number of hydrogen-bond donors (Lipinski definition) is 1. The maximum atomic E-state index is 12.7. The van der Waals surface area contributed by atoms with Gasteiger partial charge in [-0.05, 0) is 35.8 Å². The van der Waals surface area contributed by atoms with Crippen LogP contribution in [0.5, 0.6) is 5.88 Å². The largest absolute Gasteiger partial charge is 0.478 e. The van der Waals surface area contributed by atoms with Crippen LogP contribution >= 0.6 is 15.9 Å². The molecule has 1 rings (SSSR count).